The number of hydrogen-bond donors (Lipinski definition) is 1. The van der Waals surface area contributed by atoms with Crippen LogP contribution in [0.15, 0.2) is 24.3 Å². The van der Waals surface area contributed by atoms with Crippen LogP contribution in [0.5, 0.6) is 0 Å². The van der Waals surface area contributed by atoms with Gasteiger partial charge in [-0.05, 0) is 30.0 Å². The van der Waals surface area contributed by atoms with Gasteiger partial charge in [0.1, 0.15) is 0 Å². The zero-order valence-corrected chi connectivity index (χ0v) is 11.7. The maximum atomic E-state index is 12.1. The Morgan fingerprint density at radius 1 is 1.22 bits per heavy atom. The molecule has 0 bridgehead atoms. The highest BCUT2D eigenvalue weighted by Crippen LogP contribution is 2.22. The Labute approximate surface area is 109 Å². The number of rotatable bonds is 4. The zero-order chi connectivity index (χ0) is 13.8. The molecule has 0 spiro atoms. The highest BCUT2D eigenvalue weighted by Gasteiger charge is 2.16. The lowest BCUT2D eigenvalue weighted by Crippen LogP contribution is -2.33. The molecule has 0 aliphatic carbocycles. The molecule has 1 rings (SSSR count). The van der Waals surface area contributed by atoms with Crippen molar-refractivity contribution in [2.24, 2.45) is 0 Å². The Morgan fingerprint density at radius 2 is 1.78 bits per heavy atom. The Morgan fingerprint density at radius 3 is 2.17 bits per heavy atom. The van der Waals surface area contributed by atoms with Crippen molar-refractivity contribution in [3.8, 4) is 0 Å². The number of aliphatic hydroxyl groups excluding tert-OH is 1. The predicted octanol–water partition coefficient (Wildman–Crippen LogP) is 2.44. The third kappa shape index (κ3) is 3.57. The Balaban J connectivity index is 2.88. The van der Waals surface area contributed by atoms with Crippen LogP contribution in [-0.2, 0) is 5.41 Å². The van der Waals surface area contributed by atoms with Crippen LogP contribution in [0.2, 0.25) is 0 Å². The minimum absolute atomic E-state index is 0.000343. The molecule has 3 heteroatoms. The van der Waals surface area contributed by atoms with Crippen molar-refractivity contribution >= 4 is 5.91 Å². The van der Waals surface area contributed by atoms with E-state index in [-0.39, 0.29) is 17.9 Å². The van der Waals surface area contributed by atoms with Crippen molar-refractivity contribution in [3.63, 3.8) is 0 Å². The van der Waals surface area contributed by atoms with Crippen LogP contribution in [0.25, 0.3) is 0 Å². The van der Waals surface area contributed by atoms with Gasteiger partial charge in [0.05, 0.1) is 6.61 Å². The van der Waals surface area contributed by atoms with Crippen molar-refractivity contribution in [2.45, 2.75) is 33.1 Å². The average molecular weight is 249 g/mol. The van der Waals surface area contributed by atoms with Crippen LogP contribution in [-0.4, -0.2) is 35.6 Å². The van der Waals surface area contributed by atoms with Crippen LogP contribution >= 0.6 is 0 Å². The number of aliphatic hydroxyl groups is 1. The van der Waals surface area contributed by atoms with Gasteiger partial charge in [0.2, 0.25) is 0 Å². The third-order valence-corrected chi connectivity index (χ3v) is 3.04. The molecule has 0 aliphatic heterocycles. The second-order valence-corrected chi connectivity index (χ2v) is 5.44. The summed E-state index contributed by atoms with van der Waals surface area (Å²) in [6, 6.07) is 7.73. The normalized spacial score (nSPS) is 11.4. The third-order valence-electron chi connectivity index (χ3n) is 3.04. The highest BCUT2D eigenvalue weighted by molar-refractivity contribution is 5.94. The molecular formula is C15H23NO2. The molecule has 0 aromatic heterocycles. The van der Waals surface area contributed by atoms with Gasteiger partial charge in [-0.25, -0.2) is 0 Å². The van der Waals surface area contributed by atoms with Crippen LogP contribution in [0, 0.1) is 0 Å². The summed E-state index contributed by atoms with van der Waals surface area (Å²) in [5.74, 6) is -0.0213. The lowest BCUT2D eigenvalue weighted by Gasteiger charge is -2.21. The number of carbonyl (C=O) groups excluding carboxylic acids is 1. The molecule has 0 saturated carbocycles. The van der Waals surface area contributed by atoms with E-state index >= 15 is 0 Å². The molecule has 1 aromatic rings. The molecule has 1 amide bonds. The Kier molecular flexibility index (Phi) is 4.91. The fourth-order valence-electron chi connectivity index (χ4n) is 1.82. The van der Waals surface area contributed by atoms with E-state index in [0.29, 0.717) is 18.7 Å². The van der Waals surface area contributed by atoms with Crippen LogP contribution in [0.4, 0.5) is 0 Å². The van der Waals surface area contributed by atoms with Gasteiger partial charge in [-0.1, -0.05) is 32.9 Å². The monoisotopic (exact) mass is 249 g/mol. The smallest absolute Gasteiger partial charge is 0.253 e. The fourth-order valence-corrected chi connectivity index (χ4v) is 1.82. The van der Waals surface area contributed by atoms with Crippen molar-refractivity contribution in [2.75, 3.05) is 19.7 Å². The van der Waals surface area contributed by atoms with E-state index in [4.69, 9.17) is 5.11 Å². The van der Waals surface area contributed by atoms with E-state index in [0.717, 1.165) is 0 Å². The second-order valence-electron chi connectivity index (χ2n) is 5.44. The fraction of sp³-hybridized carbons (Fsp3) is 0.533. The summed E-state index contributed by atoms with van der Waals surface area (Å²) in [4.78, 5) is 13.8. The average Bonchev–Trinajstić information content (AvgIpc) is 2.34. The van der Waals surface area contributed by atoms with Crippen molar-refractivity contribution in [3.05, 3.63) is 35.4 Å². The summed E-state index contributed by atoms with van der Waals surface area (Å²) in [5, 5.41) is 8.92. The topological polar surface area (TPSA) is 40.5 Å². The minimum Gasteiger partial charge on any atom is -0.395 e. The molecule has 0 saturated heterocycles. The number of hydrogen-bond acceptors (Lipinski definition) is 2. The lowest BCUT2D eigenvalue weighted by molar-refractivity contribution is 0.0732. The summed E-state index contributed by atoms with van der Waals surface area (Å²) < 4.78 is 0. The van der Waals surface area contributed by atoms with Gasteiger partial charge in [0, 0.05) is 18.7 Å². The van der Waals surface area contributed by atoms with Crippen LogP contribution < -0.4 is 0 Å². The van der Waals surface area contributed by atoms with E-state index in [1.54, 1.807) is 4.90 Å². The molecule has 0 radical (unpaired) electrons. The number of likely N-dealkylation sites (N-methyl/N-ethyl adjacent to an activating group) is 1. The summed E-state index contributed by atoms with van der Waals surface area (Å²) in [6.07, 6.45) is 0. The summed E-state index contributed by atoms with van der Waals surface area (Å²) in [5.41, 5.74) is 1.99. The van der Waals surface area contributed by atoms with Gasteiger partial charge in [0.15, 0.2) is 0 Å². The van der Waals surface area contributed by atoms with Crippen molar-refractivity contribution < 1.29 is 9.90 Å². The van der Waals surface area contributed by atoms with E-state index in [1.807, 2.05) is 31.2 Å². The zero-order valence-electron chi connectivity index (χ0n) is 11.7. The first-order valence-corrected chi connectivity index (χ1v) is 6.40. The molecule has 3 nitrogen and oxygen atoms in total. The van der Waals surface area contributed by atoms with Gasteiger partial charge in [-0.15, -0.1) is 0 Å². The first kappa shape index (κ1) is 14.7. The number of nitrogens with zero attached hydrogens (tertiary/aromatic N) is 1. The van der Waals surface area contributed by atoms with Gasteiger partial charge in [-0.2, -0.15) is 0 Å². The number of amides is 1. The van der Waals surface area contributed by atoms with E-state index in [1.165, 1.54) is 5.56 Å². The van der Waals surface area contributed by atoms with Gasteiger partial charge in [0.25, 0.3) is 5.91 Å². The lowest BCUT2D eigenvalue weighted by atomic mass is 9.86. The second kappa shape index (κ2) is 6.01. The molecule has 100 valence electrons. The first-order chi connectivity index (χ1) is 8.40. The maximum absolute atomic E-state index is 12.1. The van der Waals surface area contributed by atoms with Crippen LogP contribution in [0.3, 0.4) is 0 Å². The SMILES string of the molecule is CCN(CCO)C(=O)c1ccc(C(C)(C)C)cc1. The van der Waals surface area contributed by atoms with E-state index in [2.05, 4.69) is 20.8 Å². The quantitative estimate of drug-likeness (QED) is 0.890. The summed E-state index contributed by atoms with van der Waals surface area (Å²) in [7, 11) is 0. The maximum Gasteiger partial charge on any atom is 0.253 e. The molecule has 0 atom stereocenters. The van der Waals surface area contributed by atoms with Crippen molar-refractivity contribution in [1.29, 1.82) is 0 Å². The summed E-state index contributed by atoms with van der Waals surface area (Å²) >= 11 is 0. The molecule has 0 aliphatic rings. The largest absolute Gasteiger partial charge is 0.395 e. The molecule has 0 unspecified atom stereocenters. The van der Waals surface area contributed by atoms with E-state index in [9.17, 15) is 4.79 Å². The van der Waals surface area contributed by atoms with E-state index < -0.39 is 0 Å². The van der Waals surface area contributed by atoms with Crippen molar-refractivity contribution in [1.82, 2.24) is 4.90 Å². The standard InChI is InChI=1S/C15H23NO2/c1-5-16(10-11-17)14(18)12-6-8-13(9-7-12)15(2,3)4/h6-9,17H,5,10-11H2,1-4H3. The van der Waals surface area contributed by atoms with Gasteiger partial charge in [-0.3, -0.25) is 4.79 Å². The summed E-state index contributed by atoms with van der Waals surface area (Å²) in [6.45, 7) is 9.35. The Hall–Kier alpha value is -1.35. The van der Waals surface area contributed by atoms with Crippen LogP contribution in [0.1, 0.15) is 43.6 Å². The first-order valence-electron chi connectivity index (χ1n) is 6.40. The highest BCUT2D eigenvalue weighted by atomic mass is 16.3. The molecule has 0 fully saturated rings. The number of benzene rings is 1. The van der Waals surface area contributed by atoms with Gasteiger partial charge < -0.3 is 10.0 Å². The molecule has 18 heavy (non-hydrogen) atoms. The Bertz CT molecular complexity index is 390. The molecule has 1 aromatic carbocycles. The molecule has 1 N–H and O–H groups in total. The van der Waals surface area contributed by atoms with Gasteiger partial charge >= 0.3 is 0 Å². The molecular weight excluding hydrogens is 226 g/mol. The number of carbonyl (C=O) groups is 1. The minimum atomic E-state index is -0.0213. The molecule has 0 heterocycles. The predicted molar refractivity (Wildman–Crippen MR) is 73.8 cm³/mol.